The molecule has 2 heterocycles. The van der Waals surface area contributed by atoms with Gasteiger partial charge in [0.05, 0.1) is 17.8 Å². The molecule has 128 valence electrons. The number of benzene rings is 1. The number of nitrogens with zero attached hydrogens (tertiary/aromatic N) is 1. The summed E-state index contributed by atoms with van der Waals surface area (Å²) in [6.45, 7) is 4.03. The predicted molar refractivity (Wildman–Crippen MR) is 91.9 cm³/mol. The van der Waals surface area contributed by atoms with Gasteiger partial charge in [-0.15, -0.1) is 0 Å². The Morgan fingerprint density at radius 2 is 2.12 bits per heavy atom. The fourth-order valence-corrected chi connectivity index (χ4v) is 4.36. The van der Waals surface area contributed by atoms with Crippen molar-refractivity contribution in [3.63, 3.8) is 0 Å². The Hall–Kier alpha value is -1.85. The second kappa shape index (κ2) is 5.90. The number of fused-ring (bicyclic) bond motifs is 1. The molecule has 5 heteroatoms. The van der Waals surface area contributed by atoms with Gasteiger partial charge in [-0.2, -0.15) is 0 Å². The highest BCUT2D eigenvalue weighted by Gasteiger charge is 2.56. The normalized spacial score (nSPS) is 25.8. The molecule has 1 saturated heterocycles. The molecule has 2 N–H and O–H groups in total. The Morgan fingerprint density at radius 1 is 1.38 bits per heavy atom. The number of amides is 1. The molecule has 1 aliphatic heterocycles. The van der Waals surface area contributed by atoms with Crippen LogP contribution in [-0.2, 0) is 4.74 Å². The molecule has 2 atom stereocenters. The highest BCUT2D eigenvalue weighted by molar-refractivity contribution is 6.06. The third-order valence-electron chi connectivity index (χ3n) is 5.91. The Balaban J connectivity index is 1.49. The van der Waals surface area contributed by atoms with Crippen molar-refractivity contribution in [3.05, 3.63) is 36.0 Å². The van der Waals surface area contributed by atoms with Gasteiger partial charge in [0.1, 0.15) is 0 Å². The summed E-state index contributed by atoms with van der Waals surface area (Å²) in [5, 5.41) is 11.3. The van der Waals surface area contributed by atoms with Gasteiger partial charge < -0.3 is 19.7 Å². The molecular weight excluding hydrogens is 304 g/mol. The van der Waals surface area contributed by atoms with E-state index in [9.17, 15) is 9.90 Å². The van der Waals surface area contributed by atoms with Gasteiger partial charge in [-0.1, -0.05) is 18.2 Å². The van der Waals surface area contributed by atoms with Crippen molar-refractivity contribution in [2.24, 2.45) is 5.41 Å². The average Bonchev–Trinajstić information content (AvgIpc) is 3.05. The fourth-order valence-electron chi connectivity index (χ4n) is 4.36. The van der Waals surface area contributed by atoms with Gasteiger partial charge >= 0.3 is 0 Å². The van der Waals surface area contributed by atoms with Gasteiger partial charge in [0.2, 0.25) is 0 Å². The number of rotatable bonds is 3. The van der Waals surface area contributed by atoms with E-state index in [1.807, 2.05) is 36.1 Å². The number of H-pyrrole nitrogens is 1. The maximum atomic E-state index is 12.9. The van der Waals surface area contributed by atoms with Crippen molar-refractivity contribution < 1.29 is 14.6 Å². The number of aliphatic hydroxyl groups excluding tert-OH is 1. The van der Waals surface area contributed by atoms with Crippen molar-refractivity contribution in [2.45, 2.75) is 38.4 Å². The molecule has 0 radical (unpaired) electrons. The maximum absolute atomic E-state index is 12.9. The van der Waals surface area contributed by atoms with Crippen LogP contribution in [0.3, 0.4) is 0 Å². The van der Waals surface area contributed by atoms with Crippen molar-refractivity contribution in [3.8, 4) is 0 Å². The van der Waals surface area contributed by atoms with Crippen LogP contribution in [0.4, 0.5) is 0 Å². The van der Waals surface area contributed by atoms with Gasteiger partial charge in [0, 0.05) is 48.6 Å². The lowest BCUT2D eigenvalue weighted by molar-refractivity contribution is -0.207. The van der Waals surface area contributed by atoms with E-state index in [4.69, 9.17) is 4.74 Å². The smallest absolute Gasteiger partial charge is 0.256 e. The number of aliphatic hydroxyl groups is 1. The number of para-hydroxylation sites is 1. The number of piperidine rings is 1. The third-order valence-corrected chi connectivity index (χ3v) is 5.91. The molecular formula is C19H24N2O3. The van der Waals surface area contributed by atoms with Gasteiger partial charge in [0.25, 0.3) is 5.91 Å². The minimum atomic E-state index is -0.292. The zero-order chi connectivity index (χ0) is 16.7. The van der Waals surface area contributed by atoms with Crippen LogP contribution in [0.25, 0.3) is 10.9 Å². The van der Waals surface area contributed by atoms with E-state index in [0.717, 1.165) is 35.7 Å². The number of ether oxygens (including phenoxy) is 1. The molecule has 5 nitrogen and oxygen atoms in total. The number of likely N-dealkylation sites (tertiary alicyclic amines) is 1. The molecule has 1 saturated carbocycles. The molecule has 1 aliphatic carbocycles. The third kappa shape index (κ3) is 2.26. The molecule has 4 rings (SSSR count). The molecule has 2 fully saturated rings. The second-order valence-electron chi connectivity index (χ2n) is 6.97. The number of hydrogen-bond donors (Lipinski definition) is 2. The SMILES string of the molecule is CCO[C@@H]1C[C@@H](O)C12CCN(C(=O)c1c[nH]c3ccccc13)CC2. The Kier molecular flexibility index (Phi) is 3.85. The molecule has 2 aromatic rings. The van der Waals surface area contributed by atoms with E-state index in [0.29, 0.717) is 19.7 Å². The molecule has 0 unspecified atom stereocenters. The first-order valence-corrected chi connectivity index (χ1v) is 8.81. The monoisotopic (exact) mass is 328 g/mol. The van der Waals surface area contributed by atoms with Crippen molar-refractivity contribution in [2.75, 3.05) is 19.7 Å². The molecule has 0 bridgehead atoms. The summed E-state index contributed by atoms with van der Waals surface area (Å²) < 4.78 is 5.80. The zero-order valence-electron chi connectivity index (χ0n) is 14.0. The summed E-state index contributed by atoms with van der Waals surface area (Å²) in [6.07, 6.45) is 4.00. The largest absolute Gasteiger partial charge is 0.392 e. The van der Waals surface area contributed by atoms with Crippen LogP contribution in [0.2, 0.25) is 0 Å². The first-order chi connectivity index (χ1) is 11.7. The molecule has 1 amide bonds. The minimum Gasteiger partial charge on any atom is -0.392 e. The van der Waals surface area contributed by atoms with Gasteiger partial charge in [0.15, 0.2) is 0 Å². The molecule has 2 aliphatic rings. The van der Waals surface area contributed by atoms with Crippen LogP contribution in [0, 0.1) is 5.41 Å². The topological polar surface area (TPSA) is 65.6 Å². The highest BCUT2D eigenvalue weighted by Crippen LogP contribution is 2.51. The van der Waals surface area contributed by atoms with Gasteiger partial charge in [-0.05, 0) is 25.8 Å². The predicted octanol–water partition coefficient (Wildman–Crippen LogP) is 2.56. The first-order valence-electron chi connectivity index (χ1n) is 8.81. The number of carbonyl (C=O) groups is 1. The van der Waals surface area contributed by atoms with Crippen molar-refractivity contribution >= 4 is 16.8 Å². The highest BCUT2D eigenvalue weighted by atomic mass is 16.5. The fraction of sp³-hybridized carbons (Fsp3) is 0.526. The number of hydrogen-bond acceptors (Lipinski definition) is 3. The van der Waals surface area contributed by atoms with E-state index in [2.05, 4.69) is 4.98 Å². The van der Waals surface area contributed by atoms with Gasteiger partial charge in [-0.25, -0.2) is 0 Å². The second-order valence-corrected chi connectivity index (χ2v) is 6.97. The van der Waals surface area contributed by atoms with Crippen LogP contribution < -0.4 is 0 Å². The lowest BCUT2D eigenvalue weighted by Crippen LogP contribution is -2.62. The van der Waals surface area contributed by atoms with Crippen LogP contribution in [0.15, 0.2) is 30.5 Å². The lowest BCUT2D eigenvalue weighted by atomic mass is 9.58. The molecule has 1 spiro atoms. The summed E-state index contributed by atoms with van der Waals surface area (Å²) >= 11 is 0. The summed E-state index contributed by atoms with van der Waals surface area (Å²) in [5.74, 6) is 0.0732. The minimum absolute atomic E-state index is 0.0732. The average molecular weight is 328 g/mol. The summed E-state index contributed by atoms with van der Waals surface area (Å²) in [7, 11) is 0. The van der Waals surface area contributed by atoms with Crippen LogP contribution in [-0.4, -0.2) is 52.8 Å². The van der Waals surface area contributed by atoms with Crippen LogP contribution >= 0.6 is 0 Å². The maximum Gasteiger partial charge on any atom is 0.256 e. The van der Waals surface area contributed by atoms with Crippen molar-refractivity contribution in [1.82, 2.24) is 9.88 Å². The Morgan fingerprint density at radius 3 is 2.83 bits per heavy atom. The van der Waals surface area contributed by atoms with Crippen molar-refractivity contribution in [1.29, 1.82) is 0 Å². The van der Waals surface area contributed by atoms with Gasteiger partial charge in [-0.3, -0.25) is 4.79 Å². The van der Waals surface area contributed by atoms with E-state index < -0.39 is 0 Å². The quantitative estimate of drug-likeness (QED) is 0.910. The Labute approximate surface area is 141 Å². The van der Waals surface area contributed by atoms with E-state index in [1.165, 1.54) is 0 Å². The Bertz CT molecular complexity index is 744. The number of nitrogens with one attached hydrogen (secondary N) is 1. The summed E-state index contributed by atoms with van der Waals surface area (Å²) in [5.41, 5.74) is 1.57. The summed E-state index contributed by atoms with van der Waals surface area (Å²) in [6, 6.07) is 7.87. The van der Waals surface area contributed by atoms with E-state index >= 15 is 0 Å². The standard InChI is InChI=1S/C19H24N2O3/c1-2-24-17-11-16(22)19(17)7-9-21(10-8-19)18(23)14-12-20-15-6-4-3-5-13(14)15/h3-6,12,16-17,20,22H,2,7-11H2,1H3/t16-,17-/m1/s1. The zero-order valence-corrected chi connectivity index (χ0v) is 14.0. The van der Waals surface area contributed by atoms with Crippen LogP contribution in [0.1, 0.15) is 36.5 Å². The molecule has 24 heavy (non-hydrogen) atoms. The van der Waals surface area contributed by atoms with E-state index in [1.54, 1.807) is 6.20 Å². The molecule has 1 aromatic heterocycles. The van der Waals surface area contributed by atoms with E-state index in [-0.39, 0.29) is 23.5 Å². The number of aromatic amines is 1. The molecule has 1 aromatic carbocycles. The number of aromatic nitrogens is 1. The van der Waals surface area contributed by atoms with Crippen LogP contribution in [0.5, 0.6) is 0 Å². The number of carbonyl (C=O) groups excluding carboxylic acids is 1. The lowest BCUT2D eigenvalue weighted by Gasteiger charge is -2.56. The summed E-state index contributed by atoms with van der Waals surface area (Å²) in [4.78, 5) is 18.0. The first kappa shape index (κ1) is 15.7.